The molecule has 0 aliphatic heterocycles. The largest absolute Gasteiger partial charge is 0.242 e. The molecule has 1 atom stereocenters. The average Bonchev–Trinajstić information content (AvgIpc) is 2.60. The molecule has 0 fully saturated rings. The third-order valence-corrected chi connectivity index (χ3v) is 3.31. The van der Waals surface area contributed by atoms with Gasteiger partial charge in [-0.3, -0.25) is 0 Å². The zero-order valence-corrected chi connectivity index (χ0v) is 10.8. The lowest BCUT2D eigenvalue weighted by Gasteiger charge is -2.08. The summed E-state index contributed by atoms with van der Waals surface area (Å²) in [6.07, 6.45) is 7.63. The minimum absolute atomic E-state index is 0. The van der Waals surface area contributed by atoms with E-state index in [1.165, 1.54) is 5.57 Å². The Morgan fingerprint density at radius 3 is 2.93 bits per heavy atom. The maximum atomic E-state index is 4.44. The van der Waals surface area contributed by atoms with Crippen molar-refractivity contribution in [2.24, 2.45) is 5.92 Å². The Bertz CT molecular complexity index is 366. The van der Waals surface area contributed by atoms with Crippen molar-refractivity contribution in [1.29, 1.82) is 0 Å². The maximum absolute atomic E-state index is 4.44. The molecule has 2 heteroatoms. The fourth-order valence-electron chi connectivity index (χ4n) is 1.35. The lowest BCUT2D eigenvalue weighted by Crippen LogP contribution is -1.94. The summed E-state index contributed by atoms with van der Waals surface area (Å²) in [5.74, 6) is 0.600. The maximum Gasteiger partial charge on any atom is 0.0901 e. The van der Waals surface area contributed by atoms with Crippen LogP contribution in [0.15, 0.2) is 23.1 Å². The van der Waals surface area contributed by atoms with Crippen molar-refractivity contribution in [2.75, 3.05) is 0 Å². The Morgan fingerprint density at radius 1 is 1.67 bits per heavy atom. The Kier molecular flexibility index (Phi) is 4.76. The summed E-state index contributed by atoms with van der Waals surface area (Å²) in [6.45, 7) is 8.55. The summed E-state index contributed by atoms with van der Waals surface area (Å²) in [6, 6.07) is 0. The van der Waals surface area contributed by atoms with E-state index in [4.69, 9.17) is 0 Å². The van der Waals surface area contributed by atoms with Gasteiger partial charge in [-0.25, -0.2) is 4.98 Å². The second-order valence-corrected chi connectivity index (χ2v) is 4.95. The normalized spacial score (nSPS) is 14.8. The minimum atomic E-state index is 0. The molecule has 0 bridgehead atoms. The van der Waals surface area contributed by atoms with Crippen LogP contribution in [0, 0.1) is 12.8 Å². The summed E-state index contributed by atoms with van der Waals surface area (Å²) in [4.78, 5) is 4.44. The third kappa shape index (κ3) is 4.00. The fourth-order valence-corrected chi connectivity index (χ4v) is 1.92. The molecule has 0 aromatic carbocycles. The predicted molar refractivity (Wildman–Crippen MR) is 71.2 cm³/mol. The van der Waals surface area contributed by atoms with E-state index in [2.05, 4.69) is 49.4 Å². The van der Waals surface area contributed by atoms with Gasteiger partial charge in [0.25, 0.3) is 0 Å². The highest BCUT2D eigenvalue weighted by atomic mass is 32.1. The Balaban J connectivity index is 0.00000225. The van der Waals surface area contributed by atoms with E-state index in [1.54, 1.807) is 11.3 Å². The topological polar surface area (TPSA) is 12.9 Å². The SMILES string of the molecule is C/C=C\C[C@H](C)/C(C)=C/c1csc(C)n1.[HH]. The zero-order valence-electron chi connectivity index (χ0n) is 9.95. The molecule has 0 aliphatic carbocycles. The van der Waals surface area contributed by atoms with Crippen LogP contribution in [0.4, 0.5) is 0 Å². The molecule has 0 radical (unpaired) electrons. The lowest BCUT2D eigenvalue weighted by molar-refractivity contribution is 0.699. The number of hydrogen-bond donors (Lipinski definition) is 0. The number of aryl methyl sites for hydroxylation is 1. The quantitative estimate of drug-likeness (QED) is 0.674. The molecule has 1 aromatic rings. The number of hydrogen-bond acceptors (Lipinski definition) is 2. The first-order chi connectivity index (χ1) is 7.13. The van der Waals surface area contributed by atoms with Crippen LogP contribution in [0.1, 0.15) is 39.3 Å². The van der Waals surface area contributed by atoms with Gasteiger partial charge in [-0.1, -0.05) is 24.6 Å². The molecule has 0 N–H and O–H groups in total. The van der Waals surface area contributed by atoms with Gasteiger partial charge in [-0.15, -0.1) is 11.3 Å². The van der Waals surface area contributed by atoms with Crippen LogP contribution in [0.5, 0.6) is 0 Å². The number of aromatic nitrogens is 1. The summed E-state index contributed by atoms with van der Waals surface area (Å²) in [5, 5.41) is 3.25. The van der Waals surface area contributed by atoms with Crippen LogP contribution >= 0.6 is 11.3 Å². The van der Waals surface area contributed by atoms with Crippen molar-refractivity contribution in [1.82, 2.24) is 4.98 Å². The van der Waals surface area contributed by atoms with Gasteiger partial charge in [0.2, 0.25) is 0 Å². The van der Waals surface area contributed by atoms with Gasteiger partial charge in [0.15, 0.2) is 0 Å². The minimum Gasteiger partial charge on any atom is -0.242 e. The lowest BCUT2D eigenvalue weighted by atomic mass is 9.98. The highest BCUT2D eigenvalue weighted by molar-refractivity contribution is 7.09. The number of nitrogens with zero attached hydrogens (tertiary/aromatic N) is 1. The Hall–Kier alpha value is -0.890. The van der Waals surface area contributed by atoms with Crippen LogP contribution in [-0.2, 0) is 0 Å². The van der Waals surface area contributed by atoms with Crippen molar-refractivity contribution in [3.05, 3.63) is 33.8 Å². The number of allylic oxidation sites excluding steroid dienone is 3. The van der Waals surface area contributed by atoms with Crippen LogP contribution in [0.25, 0.3) is 6.08 Å². The molecular weight excluding hydrogens is 202 g/mol. The van der Waals surface area contributed by atoms with Crippen LogP contribution in [-0.4, -0.2) is 4.98 Å². The molecule has 0 aliphatic rings. The van der Waals surface area contributed by atoms with Crippen molar-refractivity contribution >= 4 is 17.4 Å². The fraction of sp³-hybridized carbons (Fsp3) is 0.462. The molecule has 0 saturated carbocycles. The molecule has 15 heavy (non-hydrogen) atoms. The van der Waals surface area contributed by atoms with E-state index in [0.29, 0.717) is 5.92 Å². The number of thiazole rings is 1. The smallest absolute Gasteiger partial charge is 0.0901 e. The van der Waals surface area contributed by atoms with E-state index in [-0.39, 0.29) is 1.43 Å². The van der Waals surface area contributed by atoms with Gasteiger partial charge in [-0.05, 0) is 39.2 Å². The monoisotopic (exact) mass is 223 g/mol. The molecule has 0 spiro atoms. The van der Waals surface area contributed by atoms with Gasteiger partial charge >= 0.3 is 0 Å². The molecule has 1 aromatic heterocycles. The van der Waals surface area contributed by atoms with Gasteiger partial charge in [-0.2, -0.15) is 0 Å². The van der Waals surface area contributed by atoms with Gasteiger partial charge in [0.05, 0.1) is 10.7 Å². The van der Waals surface area contributed by atoms with Crippen molar-refractivity contribution < 1.29 is 1.43 Å². The van der Waals surface area contributed by atoms with Gasteiger partial charge < -0.3 is 0 Å². The predicted octanol–water partition coefficient (Wildman–Crippen LogP) is 4.70. The molecule has 0 amide bonds. The molecule has 84 valence electrons. The summed E-state index contributed by atoms with van der Waals surface area (Å²) < 4.78 is 0. The first-order valence-electron chi connectivity index (χ1n) is 5.35. The van der Waals surface area contributed by atoms with Crippen molar-refractivity contribution in [3.8, 4) is 0 Å². The summed E-state index contributed by atoms with van der Waals surface area (Å²) >= 11 is 1.71. The Morgan fingerprint density at radius 2 is 2.40 bits per heavy atom. The van der Waals surface area contributed by atoms with Gasteiger partial charge in [0.1, 0.15) is 0 Å². The molecule has 1 heterocycles. The van der Waals surface area contributed by atoms with Gasteiger partial charge in [0, 0.05) is 6.81 Å². The third-order valence-electron chi connectivity index (χ3n) is 2.51. The molecule has 0 saturated heterocycles. The van der Waals surface area contributed by atoms with Crippen LogP contribution in [0.3, 0.4) is 0 Å². The highest BCUT2D eigenvalue weighted by Crippen LogP contribution is 2.19. The van der Waals surface area contributed by atoms with E-state index in [9.17, 15) is 0 Å². The molecule has 0 unspecified atom stereocenters. The molecule has 1 rings (SSSR count). The van der Waals surface area contributed by atoms with Crippen molar-refractivity contribution in [3.63, 3.8) is 0 Å². The van der Waals surface area contributed by atoms with Crippen molar-refractivity contribution in [2.45, 2.75) is 34.1 Å². The Labute approximate surface area is 98.0 Å². The first kappa shape index (κ1) is 12.2. The molecular formula is C13H21NS. The van der Waals surface area contributed by atoms with E-state index in [0.717, 1.165) is 17.1 Å². The number of rotatable bonds is 4. The van der Waals surface area contributed by atoms with Crippen LogP contribution in [0.2, 0.25) is 0 Å². The second-order valence-electron chi connectivity index (χ2n) is 3.89. The average molecular weight is 223 g/mol. The molecule has 1 nitrogen and oxygen atoms in total. The van der Waals surface area contributed by atoms with E-state index < -0.39 is 0 Å². The first-order valence-corrected chi connectivity index (χ1v) is 6.23. The highest BCUT2D eigenvalue weighted by Gasteiger charge is 2.03. The van der Waals surface area contributed by atoms with E-state index in [1.807, 2.05) is 6.92 Å². The standard InChI is InChI=1S/C13H19NS.H2/c1-5-6-7-10(2)11(3)8-13-9-15-12(4)14-13;/h5-6,8-10H,7H2,1-4H3;1H/b6-5-,11-8+;/t10-;/m0./s1. The zero-order chi connectivity index (χ0) is 11.3. The van der Waals surface area contributed by atoms with Crippen LogP contribution < -0.4 is 0 Å². The summed E-state index contributed by atoms with van der Waals surface area (Å²) in [7, 11) is 0. The summed E-state index contributed by atoms with van der Waals surface area (Å²) in [5.41, 5.74) is 2.50. The second kappa shape index (κ2) is 5.86. The van der Waals surface area contributed by atoms with E-state index >= 15 is 0 Å².